The summed E-state index contributed by atoms with van der Waals surface area (Å²) in [5.74, 6) is -0.0939. The summed E-state index contributed by atoms with van der Waals surface area (Å²) in [4.78, 5) is 33.4. The number of benzene rings is 2. The number of aromatic nitrogens is 1. The second-order valence-electron chi connectivity index (χ2n) is 8.94. The van der Waals surface area contributed by atoms with Crippen LogP contribution in [0.5, 0.6) is 0 Å². The van der Waals surface area contributed by atoms with Gasteiger partial charge in [0, 0.05) is 49.3 Å². The summed E-state index contributed by atoms with van der Waals surface area (Å²) in [6, 6.07) is 14.2. The smallest absolute Gasteiger partial charge is 0.256 e. The molecule has 0 saturated carbocycles. The van der Waals surface area contributed by atoms with Gasteiger partial charge in [-0.2, -0.15) is 0 Å². The van der Waals surface area contributed by atoms with Crippen LogP contribution in [0.4, 0.5) is 5.69 Å². The van der Waals surface area contributed by atoms with Gasteiger partial charge in [-0.1, -0.05) is 42.0 Å². The number of anilines is 1. The van der Waals surface area contributed by atoms with Gasteiger partial charge in [0.25, 0.3) is 11.8 Å². The Morgan fingerprint density at radius 1 is 1.00 bits per heavy atom. The molecule has 2 aliphatic rings. The zero-order valence-electron chi connectivity index (χ0n) is 19.2. The molecule has 168 valence electrons. The molecule has 0 spiro atoms. The number of likely N-dealkylation sites (N-methyl/N-ethyl adjacent to an activating group) is 1. The number of carbonyl (C=O) groups excluding carboxylic acids is 2. The molecule has 0 radical (unpaired) electrons. The number of aryl methyl sites for hydroxylation is 1. The van der Waals surface area contributed by atoms with Crippen molar-refractivity contribution in [2.45, 2.75) is 13.8 Å². The summed E-state index contributed by atoms with van der Waals surface area (Å²) < 4.78 is 0. The molecule has 1 aromatic heterocycles. The van der Waals surface area contributed by atoms with E-state index >= 15 is 0 Å². The molecule has 33 heavy (non-hydrogen) atoms. The number of hydrogen-bond acceptors (Lipinski definition) is 3. The highest BCUT2D eigenvalue weighted by molar-refractivity contribution is 6.36. The van der Waals surface area contributed by atoms with E-state index in [-0.39, 0.29) is 11.8 Å². The molecule has 2 N–H and O–H groups in total. The van der Waals surface area contributed by atoms with Crippen LogP contribution in [-0.2, 0) is 4.79 Å². The van der Waals surface area contributed by atoms with E-state index in [0.29, 0.717) is 11.1 Å². The maximum atomic E-state index is 13.1. The lowest BCUT2D eigenvalue weighted by Crippen LogP contribution is -2.47. The van der Waals surface area contributed by atoms with Crippen LogP contribution in [0.25, 0.3) is 22.8 Å². The largest absolute Gasteiger partial charge is 0.361 e. The Kier molecular flexibility index (Phi) is 5.38. The first-order chi connectivity index (χ1) is 15.9. The maximum Gasteiger partial charge on any atom is 0.256 e. The predicted molar refractivity (Wildman–Crippen MR) is 132 cm³/mol. The first kappa shape index (κ1) is 21.2. The lowest BCUT2D eigenvalue weighted by molar-refractivity contribution is -0.110. The number of piperazine rings is 1. The molecule has 0 aliphatic carbocycles. The average molecular weight is 441 g/mol. The van der Waals surface area contributed by atoms with E-state index in [1.54, 1.807) is 6.20 Å². The zero-order chi connectivity index (χ0) is 23.1. The zero-order valence-corrected chi connectivity index (χ0v) is 19.2. The highest BCUT2D eigenvalue weighted by Gasteiger charge is 2.28. The van der Waals surface area contributed by atoms with E-state index in [1.807, 2.05) is 36.1 Å². The number of H-pyrrole nitrogens is 1. The molecule has 0 bridgehead atoms. The molecule has 3 heterocycles. The average Bonchev–Trinajstić information content (AvgIpc) is 3.34. The monoisotopic (exact) mass is 440 g/mol. The number of rotatable bonds is 3. The van der Waals surface area contributed by atoms with E-state index in [4.69, 9.17) is 0 Å². The van der Waals surface area contributed by atoms with E-state index < -0.39 is 0 Å². The van der Waals surface area contributed by atoms with Crippen molar-refractivity contribution >= 4 is 29.2 Å². The Labute approximate surface area is 193 Å². The molecular weight excluding hydrogens is 412 g/mol. The Hall–Kier alpha value is -3.64. The number of nitrogens with zero attached hydrogens (tertiary/aromatic N) is 2. The fourth-order valence-corrected chi connectivity index (χ4v) is 4.57. The van der Waals surface area contributed by atoms with Gasteiger partial charge < -0.3 is 20.1 Å². The van der Waals surface area contributed by atoms with Gasteiger partial charge in [-0.05, 0) is 49.7 Å². The van der Waals surface area contributed by atoms with Crippen molar-refractivity contribution in [2.24, 2.45) is 0 Å². The number of carbonyl (C=O) groups is 2. The Balaban J connectivity index is 1.51. The lowest BCUT2D eigenvalue weighted by atomic mass is 9.93. The molecule has 2 aromatic carbocycles. The van der Waals surface area contributed by atoms with Gasteiger partial charge in [0.1, 0.15) is 0 Å². The second kappa shape index (κ2) is 8.37. The van der Waals surface area contributed by atoms with Gasteiger partial charge >= 0.3 is 0 Å². The number of fused-ring (bicyclic) bond motifs is 1. The molecule has 6 nitrogen and oxygen atoms in total. The van der Waals surface area contributed by atoms with Crippen molar-refractivity contribution in [1.29, 1.82) is 0 Å². The molecule has 2 aliphatic heterocycles. The van der Waals surface area contributed by atoms with Crippen LogP contribution < -0.4 is 5.32 Å². The van der Waals surface area contributed by atoms with Crippen molar-refractivity contribution in [1.82, 2.24) is 14.8 Å². The Morgan fingerprint density at radius 2 is 1.73 bits per heavy atom. The van der Waals surface area contributed by atoms with E-state index in [9.17, 15) is 9.59 Å². The number of amides is 2. The number of nitrogens with one attached hydrogen (secondary N) is 2. The molecular formula is C27H28N4O2. The fraction of sp³-hybridized carbons (Fsp3) is 0.259. The molecule has 6 heteroatoms. The Morgan fingerprint density at radius 3 is 2.45 bits per heavy atom. The SMILES string of the molecule is Cc1ccc(-c2cccc3c2/C(=C/c2[nH]cc(C(=O)N4CCN(C)CC4)c2C)C(=O)N3)cc1. The molecule has 0 atom stereocenters. The fourth-order valence-electron chi connectivity index (χ4n) is 4.57. The highest BCUT2D eigenvalue weighted by atomic mass is 16.2. The molecule has 0 unspecified atom stereocenters. The number of hydrogen-bond donors (Lipinski definition) is 2. The summed E-state index contributed by atoms with van der Waals surface area (Å²) in [5, 5.41) is 2.99. The lowest BCUT2D eigenvalue weighted by Gasteiger charge is -2.32. The minimum atomic E-state index is -0.134. The van der Waals surface area contributed by atoms with Crippen molar-refractivity contribution in [3.8, 4) is 11.1 Å². The van der Waals surface area contributed by atoms with Gasteiger partial charge in [0.2, 0.25) is 0 Å². The van der Waals surface area contributed by atoms with Gasteiger partial charge in [0.15, 0.2) is 0 Å². The van der Waals surface area contributed by atoms with Gasteiger partial charge in [-0.3, -0.25) is 9.59 Å². The minimum Gasteiger partial charge on any atom is -0.361 e. The molecule has 1 saturated heterocycles. The van der Waals surface area contributed by atoms with Crippen LogP contribution in [0, 0.1) is 13.8 Å². The van der Waals surface area contributed by atoms with Crippen LogP contribution >= 0.6 is 0 Å². The van der Waals surface area contributed by atoms with Crippen molar-refractivity contribution in [3.05, 3.63) is 76.6 Å². The topological polar surface area (TPSA) is 68.4 Å². The second-order valence-corrected chi connectivity index (χ2v) is 8.94. The molecule has 1 fully saturated rings. The summed E-state index contributed by atoms with van der Waals surface area (Å²) in [6.45, 7) is 7.21. The van der Waals surface area contributed by atoms with E-state index in [2.05, 4.69) is 53.4 Å². The van der Waals surface area contributed by atoms with Crippen molar-refractivity contribution in [3.63, 3.8) is 0 Å². The standard InChI is InChI=1S/C27H28N4O2/c1-17-7-9-19(10-8-17)20-5-4-6-23-25(20)21(26(32)29-23)15-24-18(2)22(16-28-24)27(33)31-13-11-30(3)12-14-31/h4-10,15-16,28H,11-14H2,1-3H3,(H,29,32)/b21-15-. The third-order valence-corrected chi connectivity index (χ3v) is 6.68. The van der Waals surface area contributed by atoms with Crippen LogP contribution in [0.2, 0.25) is 0 Å². The predicted octanol–water partition coefficient (Wildman–Crippen LogP) is 4.18. The first-order valence-corrected chi connectivity index (χ1v) is 11.3. The van der Waals surface area contributed by atoms with Crippen LogP contribution in [0.3, 0.4) is 0 Å². The third-order valence-electron chi connectivity index (χ3n) is 6.68. The summed E-state index contributed by atoms with van der Waals surface area (Å²) in [7, 11) is 2.07. The summed E-state index contributed by atoms with van der Waals surface area (Å²) in [6.07, 6.45) is 3.64. The Bertz CT molecular complexity index is 1260. The quantitative estimate of drug-likeness (QED) is 0.601. The van der Waals surface area contributed by atoms with E-state index in [1.165, 1.54) is 5.56 Å². The van der Waals surface area contributed by atoms with Crippen LogP contribution in [0.15, 0.2) is 48.7 Å². The van der Waals surface area contributed by atoms with Crippen LogP contribution in [0.1, 0.15) is 32.7 Å². The summed E-state index contributed by atoms with van der Waals surface area (Å²) >= 11 is 0. The minimum absolute atomic E-state index is 0.0399. The van der Waals surface area contributed by atoms with Crippen molar-refractivity contribution < 1.29 is 9.59 Å². The normalized spacial score (nSPS) is 17.4. The third kappa shape index (κ3) is 3.87. The highest BCUT2D eigenvalue weighted by Crippen LogP contribution is 2.40. The van der Waals surface area contributed by atoms with Gasteiger partial charge in [-0.25, -0.2) is 0 Å². The van der Waals surface area contributed by atoms with Gasteiger partial charge in [-0.15, -0.1) is 0 Å². The van der Waals surface area contributed by atoms with Crippen molar-refractivity contribution in [2.75, 3.05) is 38.5 Å². The van der Waals surface area contributed by atoms with Gasteiger partial charge in [0.05, 0.1) is 11.1 Å². The molecule has 2 amide bonds. The molecule has 3 aromatic rings. The maximum absolute atomic E-state index is 13.1. The number of aromatic amines is 1. The first-order valence-electron chi connectivity index (χ1n) is 11.3. The van der Waals surface area contributed by atoms with Crippen LogP contribution in [-0.4, -0.2) is 59.8 Å². The van der Waals surface area contributed by atoms with E-state index in [0.717, 1.165) is 59.8 Å². The summed E-state index contributed by atoms with van der Waals surface area (Å²) in [5.41, 5.74) is 7.88. The molecule has 5 rings (SSSR count).